The minimum Gasteiger partial charge on any atom is -0.372 e. The van der Waals surface area contributed by atoms with Crippen LogP contribution in [0.5, 0.6) is 0 Å². The fraction of sp³-hybridized carbons (Fsp3) is 0.348. The van der Waals surface area contributed by atoms with Crippen LogP contribution in [0.4, 0.5) is 0 Å². The van der Waals surface area contributed by atoms with Crippen LogP contribution in [0.2, 0.25) is 5.02 Å². The average molecular weight is 461 g/mol. The zero-order valence-electron chi connectivity index (χ0n) is 17.5. The number of aromatic nitrogens is 1. The van der Waals surface area contributed by atoms with E-state index in [1.165, 1.54) is 0 Å². The second-order valence-electron chi connectivity index (χ2n) is 8.08. The van der Waals surface area contributed by atoms with Crippen LogP contribution in [0.3, 0.4) is 0 Å². The van der Waals surface area contributed by atoms with E-state index >= 15 is 0 Å². The maximum atomic E-state index is 13.2. The van der Waals surface area contributed by atoms with Gasteiger partial charge in [-0.15, -0.1) is 0 Å². The number of morpholine rings is 1. The Bertz CT molecular complexity index is 1190. The Morgan fingerprint density at radius 2 is 1.71 bits per heavy atom. The van der Waals surface area contributed by atoms with Crippen molar-refractivity contribution in [2.24, 2.45) is 0 Å². The Balaban J connectivity index is 1.64. The number of hydrogen-bond acceptors (Lipinski definition) is 4. The number of benzene rings is 2. The third-order valence-electron chi connectivity index (χ3n) is 5.43. The zero-order valence-corrected chi connectivity index (χ0v) is 19.1. The Hall–Kier alpha value is -2.35. The molecular weight excluding hydrogens is 436 g/mol. The molecule has 0 N–H and O–H groups in total. The van der Waals surface area contributed by atoms with Crippen LogP contribution in [-0.4, -0.2) is 49.1 Å². The number of ether oxygens (including phenoxy) is 1. The summed E-state index contributed by atoms with van der Waals surface area (Å²) in [6, 6.07) is 14.1. The number of sulfone groups is 1. The first-order chi connectivity index (χ1) is 14.7. The summed E-state index contributed by atoms with van der Waals surface area (Å²) in [4.78, 5) is 15.0. The molecule has 1 aliphatic heterocycles. The summed E-state index contributed by atoms with van der Waals surface area (Å²) in [5.74, 6) is -0.186. The van der Waals surface area contributed by atoms with Gasteiger partial charge in [0.1, 0.15) is 6.54 Å². The number of para-hydroxylation sites is 1. The number of nitrogens with zero attached hydrogens (tertiary/aromatic N) is 2. The molecule has 0 aliphatic carbocycles. The summed E-state index contributed by atoms with van der Waals surface area (Å²) >= 11 is 5.92. The highest BCUT2D eigenvalue weighted by molar-refractivity contribution is 7.90. The zero-order chi connectivity index (χ0) is 22.2. The van der Waals surface area contributed by atoms with Gasteiger partial charge < -0.3 is 14.2 Å². The van der Waals surface area contributed by atoms with Gasteiger partial charge in [0.2, 0.25) is 5.91 Å². The standard InChI is InChI=1S/C23H25ClN2O4S/c1-16-11-26(12-17(2)30-16)23(27)14-25-13-22(20-5-3-4-6-21(20)25)31(28,29)15-18-7-9-19(24)10-8-18/h3-10,13,16-17H,11-12,14-15H2,1-2H3. The monoisotopic (exact) mass is 460 g/mol. The predicted octanol–water partition coefficient (Wildman–Crippen LogP) is 3.90. The van der Waals surface area contributed by atoms with Crippen LogP contribution in [0.15, 0.2) is 59.6 Å². The first-order valence-corrected chi connectivity index (χ1v) is 12.2. The predicted molar refractivity (Wildman–Crippen MR) is 121 cm³/mol. The first kappa shape index (κ1) is 21.9. The van der Waals surface area contributed by atoms with Crippen LogP contribution in [0.1, 0.15) is 19.4 Å². The lowest BCUT2D eigenvalue weighted by molar-refractivity contribution is -0.143. The summed E-state index contributed by atoms with van der Waals surface area (Å²) in [6.45, 7) is 5.04. The number of carbonyl (C=O) groups excluding carboxylic acids is 1. The molecule has 3 aromatic rings. The molecule has 164 valence electrons. The van der Waals surface area contributed by atoms with Gasteiger partial charge in [-0.2, -0.15) is 0 Å². The van der Waals surface area contributed by atoms with Crippen LogP contribution in [0, 0.1) is 0 Å². The van der Waals surface area contributed by atoms with Crippen molar-refractivity contribution in [2.75, 3.05) is 13.1 Å². The molecule has 2 heterocycles. The third-order valence-corrected chi connectivity index (χ3v) is 7.40. The van der Waals surface area contributed by atoms with Crippen molar-refractivity contribution < 1.29 is 17.9 Å². The van der Waals surface area contributed by atoms with E-state index in [-0.39, 0.29) is 35.3 Å². The van der Waals surface area contributed by atoms with Gasteiger partial charge in [-0.25, -0.2) is 8.42 Å². The lowest BCUT2D eigenvalue weighted by atomic mass is 10.2. The van der Waals surface area contributed by atoms with Crippen LogP contribution < -0.4 is 0 Å². The maximum absolute atomic E-state index is 13.2. The number of amides is 1. The number of rotatable bonds is 5. The van der Waals surface area contributed by atoms with Crippen molar-refractivity contribution in [2.45, 2.75) is 43.2 Å². The molecule has 1 saturated heterocycles. The summed E-state index contributed by atoms with van der Waals surface area (Å²) < 4.78 is 33.9. The lowest BCUT2D eigenvalue weighted by Gasteiger charge is -2.35. The fourth-order valence-corrected chi connectivity index (χ4v) is 5.81. The topological polar surface area (TPSA) is 68.6 Å². The summed E-state index contributed by atoms with van der Waals surface area (Å²) in [6.07, 6.45) is 1.54. The van der Waals surface area contributed by atoms with Gasteiger partial charge in [0.25, 0.3) is 0 Å². The minimum absolute atomic E-state index is 0.0237. The molecule has 31 heavy (non-hydrogen) atoms. The van der Waals surface area contributed by atoms with Crippen molar-refractivity contribution >= 4 is 38.2 Å². The molecule has 6 nitrogen and oxygen atoms in total. The summed E-state index contributed by atoms with van der Waals surface area (Å²) in [7, 11) is -3.62. The van der Waals surface area contributed by atoms with E-state index in [9.17, 15) is 13.2 Å². The molecule has 4 rings (SSSR count). The largest absolute Gasteiger partial charge is 0.372 e. The summed E-state index contributed by atoms with van der Waals surface area (Å²) in [5, 5.41) is 1.18. The molecule has 0 bridgehead atoms. The number of fused-ring (bicyclic) bond motifs is 1. The average Bonchev–Trinajstić information content (AvgIpc) is 3.08. The second-order valence-corrected chi connectivity index (χ2v) is 10.5. The Morgan fingerprint density at radius 1 is 1.06 bits per heavy atom. The van der Waals surface area contributed by atoms with E-state index in [0.29, 0.717) is 29.1 Å². The van der Waals surface area contributed by atoms with Crippen LogP contribution in [0.25, 0.3) is 10.9 Å². The normalized spacial score (nSPS) is 19.6. The molecule has 1 aliphatic rings. The first-order valence-electron chi connectivity index (χ1n) is 10.2. The molecule has 1 fully saturated rings. The van der Waals surface area contributed by atoms with Crippen molar-refractivity contribution in [1.29, 1.82) is 0 Å². The Labute approximate surface area is 187 Å². The number of hydrogen-bond donors (Lipinski definition) is 0. The van der Waals surface area contributed by atoms with Gasteiger partial charge in [0.05, 0.1) is 22.9 Å². The molecule has 2 unspecified atom stereocenters. The van der Waals surface area contributed by atoms with Crippen molar-refractivity contribution in [1.82, 2.24) is 9.47 Å². The highest BCUT2D eigenvalue weighted by Gasteiger charge is 2.27. The van der Waals surface area contributed by atoms with E-state index in [1.54, 1.807) is 52.1 Å². The maximum Gasteiger partial charge on any atom is 0.242 e. The lowest BCUT2D eigenvalue weighted by Crippen LogP contribution is -2.49. The highest BCUT2D eigenvalue weighted by atomic mass is 35.5. The minimum atomic E-state index is -3.62. The van der Waals surface area contributed by atoms with Crippen molar-refractivity contribution in [3.05, 3.63) is 65.3 Å². The second kappa shape index (κ2) is 8.65. The van der Waals surface area contributed by atoms with E-state index in [4.69, 9.17) is 16.3 Å². The molecule has 8 heteroatoms. The number of halogens is 1. The summed E-state index contributed by atoms with van der Waals surface area (Å²) in [5.41, 5.74) is 1.38. The molecule has 0 spiro atoms. The van der Waals surface area contributed by atoms with E-state index < -0.39 is 9.84 Å². The third kappa shape index (κ3) is 4.79. The van der Waals surface area contributed by atoms with Gasteiger partial charge in [-0.3, -0.25) is 4.79 Å². The Kier molecular flexibility index (Phi) is 6.10. The SMILES string of the molecule is CC1CN(C(=O)Cn2cc(S(=O)(=O)Cc3ccc(Cl)cc3)c3ccccc32)CC(C)O1. The molecular formula is C23H25ClN2O4S. The van der Waals surface area contributed by atoms with Gasteiger partial charge in [-0.1, -0.05) is 41.9 Å². The molecule has 0 radical (unpaired) electrons. The van der Waals surface area contributed by atoms with Gasteiger partial charge in [-0.05, 0) is 37.6 Å². The van der Waals surface area contributed by atoms with E-state index in [1.807, 2.05) is 26.0 Å². The van der Waals surface area contributed by atoms with Gasteiger partial charge in [0.15, 0.2) is 9.84 Å². The highest BCUT2D eigenvalue weighted by Crippen LogP contribution is 2.28. The molecule has 0 saturated carbocycles. The molecule has 1 aromatic heterocycles. The van der Waals surface area contributed by atoms with Gasteiger partial charge in [0, 0.05) is 35.2 Å². The molecule has 2 aromatic carbocycles. The smallest absolute Gasteiger partial charge is 0.242 e. The van der Waals surface area contributed by atoms with Crippen LogP contribution >= 0.6 is 11.6 Å². The molecule has 1 amide bonds. The fourth-order valence-electron chi connectivity index (χ4n) is 4.10. The van der Waals surface area contributed by atoms with Crippen molar-refractivity contribution in [3.8, 4) is 0 Å². The van der Waals surface area contributed by atoms with E-state index in [2.05, 4.69) is 0 Å². The van der Waals surface area contributed by atoms with E-state index in [0.717, 1.165) is 5.52 Å². The van der Waals surface area contributed by atoms with Crippen molar-refractivity contribution in [3.63, 3.8) is 0 Å². The van der Waals surface area contributed by atoms with Gasteiger partial charge >= 0.3 is 0 Å². The van der Waals surface area contributed by atoms with Crippen LogP contribution in [-0.2, 0) is 31.7 Å². The Morgan fingerprint density at radius 3 is 2.39 bits per heavy atom. The molecule has 2 atom stereocenters. The quantitative estimate of drug-likeness (QED) is 0.579. The number of carbonyl (C=O) groups is 1.